The first-order chi connectivity index (χ1) is 9.13. The highest BCUT2D eigenvalue weighted by atomic mass is 32.1. The zero-order valence-corrected chi connectivity index (χ0v) is 12.5. The highest BCUT2D eigenvalue weighted by molar-refractivity contribution is 7.15. The second-order valence-corrected chi connectivity index (χ2v) is 6.55. The van der Waals surface area contributed by atoms with Gasteiger partial charge in [0.25, 0.3) is 0 Å². The number of likely N-dealkylation sites (tertiary alicyclic amines) is 1. The summed E-state index contributed by atoms with van der Waals surface area (Å²) >= 11 is 1.48. The van der Waals surface area contributed by atoms with Gasteiger partial charge in [0.15, 0.2) is 0 Å². The van der Waals surface area contributed by atoms with E-state index in [0.717, 1.165) is 24.5 Å². The summed E-state index contributed by atoms with van der Waals surface area (Å²) in [5.41, 5.74) is 0. The molecule has 2 heterocycles. The zero-order valence-electron chi connectivity index (χ0n) is 11.7. The van der Waals surface area contributed by atoms with Crippen molar-refractivity contribution in [2.45, 2.75) is 39.5 Å². The first kappa shape index (κ1) is 14.4. The average Bonchev–Trinajstić information content (AvgIpc) is 2.76. The van der Waals surface area contributed by atoms with Crippen molar-refractivity contribution in [1.29, 1.82) is 0 Å². The van der Waals surface area contributed by atoms with Gasteiger partial charge in [-0.05, 0) is 31.8 Å². The van der Waals surface area contributed by atoms with Gasteiger partial charge in [-0.25, -0.2) is 0 Å². The Labute approximate surface area is 118 Å². The maximum Gasteiger partial charge on any atom is 0.240 e. The molecule has 5 nitrogen and oxygen atoms in total. The third-order valence-electron chi connectivity index (χ3n) is 3.11. The molecule has 0 radical (unpaired) electrons. The SMILES string of the molecule is CC(C)Cc1nnc(NC(=O)CN2CCCCC2)s1. The molecule has 19 heavy (non-hydrogen) atoms. The van der Waals surface area contributed by atoms with Crippen LogP contribution in [0.25, 0.3) is 0 Å². The molecule has 6 heteroatoms. The number of aromatic nitrogens is 2. The molecule has 0 aromatic carbocycles. The Bertz CT molecular complexity index is 413. The van der Waals surface area contributed by atoms with E-state index in [2.05, 4.69) is 34.3 Å². The molecule has 106 valence electrons. The fraction of sp³-hybridized carbons (Fsp3) is 0.769. The van der Waals surface area contributed by atoms with Crippen LogP contribution in [-0.2, 0) is 11.2 Å². The van der Waals surface area contributed by atoms with Crippen LogP contribution in [0.1, 0.15) is 38.1 Å². The molecule has 1 amide bonds. The predicted molar refractivity (Wildman–Crippen MR) is 77.4 cm³/mol. The van der Waals surface area contributed by atoms with Crippen LogP contribution in [0, 0.1) is 5.92 Å². The Morgan fingerprint density at radius 1 is 1.32 bits per heavy atom. The first-order valence-electron chi connectivity index (χ1n) is 6.98. The second-order valence-electron chi connectivity index (χ2n) is 5.48. The van der Waals surface area contributed by atoms with Crippen LogP contribution in [0.4, 0.5) is 5.13 Å². The molecule has 1 fully saturated rings. The lowest BCUT2D eigenvalue weighted by Gasteiger charge is -2.25. The number of hydrogen-bond acceptors (Lipinski definition) is 5. The normalized spacial score (nSPS) is 16.8. The number of nitrogens with one attached hydrogen (secondary N) is 1. The minimum absolute atomic E-state index is 0.0224. The molecule has 1 N–H and O–H groups in total. The zero-order chi connectivity index (χ0) is 13.7. The van der Waals surface area contributed by atoms with Gasteiger partial charge in [-0.3, -0.25) is 15.0 Å². The second kappa shape index (κ2) is 6.96. The van der Waals surface area contributed by atoms with Crippen LogP contribution < -0.4 is 5.32 Å². The van der Waals surface area contributed by atoms with Crippen LogP contribution in [0.5, 0.6) is 0 Å². The number of hydrogen-bond donors (Lipinski definition) is 1. The van der Waals surface area contributed by atoms with E-state index in [1.54, 1.807) is 0 Å². The van der Waals surface area contributed by atoms with Crippen LogP contribution in [0.3, 0.4) is 0 Å². The predicted octanol–water partition coefficient (Wildman–Crippen LogP) is 2.16. The van der Waals surface area contributed by atoms with E-state index in [9.17, 15) is 4.79 Å². The molecule has 0 saturated carbocycles. The van der Waals surface area contributed by atoms with Crippen molar-refractivity contribution in [2.75, 3.05) is 25.0 Å². The van der Waals surface area contributed by atoms with Gasteiger partial charge in [0.1, 0.15) is 5.01 Å². The summed E-state index contributed by atoms with van der Waals surface area (Å²) in [7, 11) is 0. The number of rotatable bonds is 5. The lowest BCUT2D eigenvalue weighted by atomic mass is 10.1. The summed E-state index contributed by atoms with van der Waals surface area (Å²) in [6, 6.07) is 0. The standard InChI is InChI=1S/C13H22N4OS/c1-10(2)8-12-15-16-13(19-12)14-11(18)9-17-6-4-3-5-7-17/h10H,3-9H2,1-2H3,(H,14,16,18). The van der Waals surface area contributed by atoms with Gasteiger partial charge in [-0.1, -0.05) is 31.6 Å². The lowest BCUT2D eigenvalue weighted by Crippen LogP contribution is -2.36. The molecule has 0 atom stereocenters. The molecular formula is C13H22N4OS. The molecule has 1 aliphatic heterocycles. The van der Waals surface area contributed by atoms with E-state index >= 15 is 0 Å². The molecule has 1 saturated heterocycles. The van der Waals surface area contributed by atoms with Crippen LogP contribution in [0.2, 0.25) is 0 Å². The Kier molecular flexibility index (Phi) is 5.27. The van der Waals surface area contributed by atoms with Crippen LogP contribution in [0.15, 0.2) is 0 Å². The van der Waals surface area contributed by atoms with Gasteiger partial charge < -0.3 is 0 Å². The van der Waals surface area contributed by atoms with Crippen molar-refractivity contribution in [2.24, 2.45) is 5.92 Å². The minimum atomic E-state index is 0.0224. The molecular weight excluding hydrogens is 260 g/mol. The lowest BCUT2D eigenvalue weighted by molar-refractivity contribution is -0.117. The molecule has 1 aromatic rings. The highest BCUT2D eigenvalue weighted by Gasteiger charge is 2.15. The third-order valence-corrected chi connectivity index (χ3v) is 3.97. The molecule has 0 spiro atoms. The molecule has 1 aromatic heterocycles. The summed E-state index contributed by atoms with van der Waals surface area (Å²) < 4.78 is 0. The van der Waals surface area contributed by atoms with Crippen molar-refractivity contribution >= 4 is 22.4 Å². The molecule has 2 rings (SSSR count). The van der Waals surface area contributed by atoms with Gasteiger partial charge >= 0.3 is 0 Å². The molecule has 0 bridgehead atoms. The maximum atomic E-state index is 11.9. The topological polar surface area (TPSA) is 58.1 Å². The van der Waals surface area contributed by atoms with Gasteiger partial charge in [0.05, 0.1) is 6.54 Å². The van der Waals surface area contributed by atoms with E-state index in [-0.39, 0.29) is 5.91 Å². The Balaban J connectivity index is 1.79. The fourth-order valence-corrected chi connectivity index (χ4v) is 3.18. The summed E-state index contributed by atoms with van der Waals surface area (Å²) in [6.45, 7) is 6.83. The quantitative estimate of drug-likeness (QED) is 0.899. The van der Waals surface area contributed by atoms with Gasteiger partial charge in [0.2, 0.25) is 11.0 Å². The van der Waals surface area contributed by atoms with Gasteiger partial charge in [0, 0.05) is 6.42 Å². The minimum Gasteiger partial charge on any atom is -0.299 e. The van der Waals surface area contributed by atoms with E-state index < -0.39 is 0 Å². The summed E-state index contributed by atoms with van der Waals surface area (Å²) in [6.07, 6.45) is 4.60. The third kappa shape index (κ3) is 4.87. The number of piperidine rings is 1. The summed E-state index contributed by atoms with van der Waals surface area (Å²) in [4.78, 5) is 14.1. The first-order valence-corrected chi connectivity index (χ1v) is 7.79. The van der Waals surface area contributed by atoms with E-state index in [1.165, 1.54) is 30.6 Å². The molecule has 1 aliphatic rings. The van der Waals surface area contributed by atoms with Crippen molar-refractivity contribution in [3.05, 3.63) is 5.01 Å². The Morgan fingerprint density at radius 3 is 2.74 bits per heavy atom. The van der Waals surface area contributed by atoms with Gasteiger partial charge in [-0.2, -0.15) is 0 Å². The van der Waals surface area contributed by atoms with E-state index in [1.807, 2.05) is 0 Å². The summed E-state index contributed by atoms with van der Waals surface area (Å²) in [5.74, 6) is 0.582. The Hall–Kier alpha value is -1.01. The fourth-order valence-electron chi connectivity index (χ4n) is 2.22. The van der Waals surface area contributed by atoms with E-state index in [4.69, 9.17) is 0 Å². The molecule has 0 unspecified atom stereocenters. The average molecular weight is 282 g/mol. The van der Waals surface area contributed by atoms with Crippen molar-refractivity contribution < 1.29 is 4.79 Å². The van der Waals surface area contributed by atoms with Crippen molar-refractivity contribution in [3.63, 3.8) is 0 Å². The monoisotopic (exact) mass is 282 g/mol. The van der Waals surface area contributed by atoms with Crippen LogP contribution in [-0.4, -0.2) is 40.6 Å². The van der Waals surface area contributed by atoms with Crippen LogP contribution >= 0.6 is 11.3 Å². The number of carbonyl (C=O) groups is 1. The number of carbonyl (C=O) groups excluding carboxylic acids is 1. The Morgan fingerprint density at radius 2 is 2.05 bits per heavy atom. The van der Waals surface area contributed by atoms with Crippen molar-refractivity contribution in [1.82, 2.24) is 15.1 Å². The smallest absolute Gasteiger partial charge is 0.240 e. The van der Waals surface area contributed by atoms with Gasteiger partial charge in [-0.15, -0.1) is 10.2 Å². The highest BCUT2D eigenvalue weighted by Crippen LogP contribution is 2.18. The van der Waals surface area contributed by atoms with E-state index in [0.29, 0.717) is 17.6 Å². The largest absolute Gasteiger partial charge is 0.299 e. The van der Waals surface area contributed by atoms with Crippen molar-refractivity contribution in [3.8, 4) is 0 Å². The molecule has 0 aliphatic carbocycles. The number of amides is 1. The number of anilines is 1. The number of nitrogens with zero attached hydrogens (tertiary/aromatic N) is 3. The maximum absolute atomic E-state index is 11.9. The summed E-state index contributed by atoms with van der Waals surface area (Å²) in [5, 5.41) is 12.6.